The average molecular weight is 435 g/mol. The Labute approximate surface area is 179 Å². The van der Waals surface area contributed by atoms with Crippen molar-refractivity contribution in [3.05, 3.63) is 29.8 Å². The van der Waals surface area contributed by atoms with Gasteiger partial charge in [-0.2, -0.15) is 0 Å². The van der Waals surface area contributed by atoms with Gasteiger partial charge in [0.1, 0.15) is 6.04 Å². The van der Waals surface area contributed by atoms with Crippen LogP contribution in [0.3, 0.4) is 0 Å². The molecular weight excluding hydrogens is 403 g/mol. The summed E-state index contributed by atoms with van der Waals surface area (Å²) in [4.78, 5) is 26.8. The zero-order valence-corrected chi connectivity index (χ0v) is 18.3. The quantitative estimate of drug-likeness (QED) is 0.581. The van der Waals surface area contributed by atoms with Crippen molar-refractivity contribution in [1.29, 1.82) is 0 Å². The van der Waals surface area contributed by atoms with Crippen molar-refractivity contribution < 1.29 is 14.3 Å². The predicted octanol–water partition coefficient (Wildman–Crippen LogP) is 1.92. The van der Waals surface area contributed by atoms with E-state index < -0.39 is 0 Å². The van der Waals surface area contributed by atoms with Gasteiger partial charge in [-0.1, -0.05) is 13.8 Å². The van der Waals surface area contributed by atoms with Crippen LogP contribution in [0.25, 0.3) is 0 Å². The zero-order chi connectivity index (χ0) is 18.9. The number of nitrogens with zero attached hydrogens (tertiary/aromatic N) is 1. The molecule has 1 fully saturated rings. The highest BCUT2D eigenvalue weighted by molar-refractivity contribution is 5.97. The van der Waals surface area contributed by atoms with Gasteiger partial charge in [-0.25, -0.2) is 0 Å². The molecule has 1 heterocycles. The molecule has 0 radical (unpaired) electrons. The van der Waals surface area contributed by atoms with Crippen molar-refractivity contribution in [2.75, 3.05) is 44.6 Å². The lowest BCUT2D eigenvalue weighted by molar-refractivity contribution is -0.123. The minimum Gasteiger partial charge on any atom is -0.375 e. The molecule has 0 saturated carbocycles. The second-order valence-corrected chi connectivity index (χ2v) is 6.36. The molecule has 1 aromatic carbocycles. The molecule has 1 aliphatic rings. The van der Waals surface area contributed by atoms with Crippen LogP contribution in [-0.4, -0.2) is 68.2 Å². The number of amides is 2. The van der Waals surface area contributed by atoms with Gasteiger partial charge >= 0.3 is 0 Å². The maximum atomic E-state index is 12.3. The molecule has 1 aromatic rings. The second-order valence-electron chi connectivity index (χ2n) is 6.36. The Hall–Kier alpha value is -1.38. The fraction of sp³-hybridized carbons (Fsp3) is 0.579. The number of likely N-dealkylation sites (N-methyl/N-ethyl adjacent to an activating group) is 1. The number of carbonyl (C=O) groups is 2. The largest absolute Gasteiger partial charge is 0.375 e. The Morgan fingerprint density at radius 3 is 2.39 bits per heavy atom. The van der Waals surface area contributed by atoms with Crippen LogP contribution in [-0.2, 0) is 9.53 Å². The summed E-state index contributed by atoms with van der Waals surface area (Å²) in [5.41, 5.74) is 1.24. The summed E-state index contributed by atoms with van der Waals surface area (Å²) in [6.45, 7) is 10.8. The van der Waals surface area contributed by atoms with Gasteiger partial charge in [0.25, 0.3) is 5.91 Å². The number of hydrogen-bond donors (Lipinski definition) is 3. The smallest absolute Gasteiger partial charge is 0.251 e. The summed E-state index contributed by atoms with van der Waals surface area (Å²) in [5, 5.41) is 8.94. The van der Waals surface area contributed by atoms with Crippen LogP contribution >= 0.6 is 24.8 Å². The number of anilines is 1. The molecule has 28 heavy (non-hydrogen) atoms. The van der Waals surface area contributed by atoms with Crippen molar-refractivity contribution in [3.8, 4) is 0 Å². The highest BCUT2D eigenvalue weighted by Crippen LogP contribution is 2.12. The van der Waals surface area contributed by atoms with Gasteiger partial charge in [0.05, 0.1) is 12.7 Å². The number of rotatable bonds is 8. The normalized spacial score (nSPS) is 18.6. The van der Waals surface area contributed by atoms with Gasteiger partial charge < -0.3 is 25.6 Å². The molecule has 1 saturated heterocycles. The molecule has 2 amide bonds. The maximum absolute atomic E-state index is 12.3. The molecule has 160 valence electrons. The van der Waals surface area contributed by atoms with E-state index in [1.807, 2.05) is 6.92 Å². The third kappa shape index (κ3) is 7.93. The number of morpholine rings is 1. The van der Waals surface area contributed by atoms with Crippen LogP contribution in [0.1, 0.15) is 31.1 Å². The first-order chi connectivity index (χ1) is 12.5. The van der Waals surface area contributed by atoms with Crippen LogP contribution in [0.5, 0.6) is 0 Å². The Morgan fingerprint density at radius 2 is 1.82 bits per heavy atom. The molecule has 7 nitrogen and oxygen atoms in total. The van der Waals surface area contributed by atoms with Crippen LogP contribution < -0.4 is 16.0 Å². The second kappa shape index (κ2) is 13.7. The van der Waals surface area contributed by atoms with E-state index in [1.54, 1.807) is 24.3 Å². The number of benzene rings is 1. The average Bonchev–Trinajstić information content (AvgIpc) is 2.66. The Morgan fingerprint density at radius 1 is 1.18 bits per heavy atom. The lowest BCUT2D eigenvalue weighted by Gasteiger charge is -2.29. The summed E-state index contributed by atoms with van der Waals surface area (Å²) < 4.78 is 5.49. The molecule has 0 unspecified atom stereocenters. The fourth-order valence-corrected chi connectivity index (χ4v) is 2.92. The summed E-state index contributed by atoms with van der Waals surface area (Å²) in [6, 6.07) is 6.55. The van der Waals surface area contributed by atoms with Crippen molar-refractivity contribution in [2.45, 2.75) is 32.9 Å². The van der Waals surface area contributed by atoms with Gasteiger partial charge in [0, 0.05) is 30.9 Å². The SMILES string of the molecule is CCN(CC)CCNC(=O)c1ccc(NC(=O)[C@H]2NCCO[C@@H]2C)cc1.Cl.Cl. The van der Waals surface area contributed by atoms with Crippen molar-refractivity contribution in [2.24, 2.45) is 0 Å². The van der Waals surface area contributed by atoms with Crippen LogP contribution in [0.4, 0.5) is 5.69 Å². The number of hydrogen-bond acceptors (Lipinski definition) is 5. The lowest BCUT2D eigenvalue weighted by atomic mass is 10.1. The molecular formula is C19H32Cl2N4O3. The van der Waals surface area contributed by atoms with E-state index in [4.69, 9.17) is 4.74 Å². The van der Waals surface area contributed by atoms with E-state index in [1.165, 1.54) is 0 Å². The van der Waals surface area contributed by atoms with Gasteiger partial charge in [0.15, 0.2) is 0 Å². The van der Waals surface area contributed by atoms with E-state index in [0.717, 1.165) is 19.6 Å². The van der Waals surface area contributed by atoms with E-state index in [2.05, 4.69) is 34.7 Å². The first kappa shape index (κ1) is 26.6. The summed E-state index contributed by atoms with van der Waals surface area (Å²) >= 11 is 0. The molecule has 9 heteroatoms. The van der Waals surface area contributed by atoms with Crippen LogP contribution in [0.2, 0.25) is 0 Å². The van der Waals surface area contributed by atoms with Crippen LogP contribution in [0.15, 0.2) is 24.3 Å². The van der Waals surface area contributed by atoms with Crippen LogP contribution in [0, 0.1) is 0 Å². The fourth-order valence-electron chi connectivity index (χ4n) is 2.92. The Kier molecular flexibility index (Phi) is 13.1. The Bertz CT molecular complexity index is 597. The minimum atomic E-state index is -0.369. The number of ether oxygens (including phenoxy) is 1. The number of halogens is 2. The summed E-state index contributed by atoms with van der Waals surface area (Å²) in [6.07, 6.45) is -0.167. The predicted molar refractivity (Wildman–Crippen MR) is 117 cm³/mol. The minimum absolute atomic E-state index is 0. The molecule has 0 spiro atoms. The molecule has 0 aromatic heterocycles. The first-order valence-corrected chi connectivity index (χ1v) is 9.31. The molecule has 1 aliphatic heterocycles. The lowest BCUT2D eigenvalue weighted by Crippen LogP contribution is -2.53. The van der Waals surface area contributed by atoms with Gasteiger partial charge in [-0.15, -0.1) is 24.8 Å². The third-order valence-corrected chi connectivity index (χ3v) is 4.62. The van der Waals surface area contributed by atoms with E-state index in [-0.39, 0.29) is 48.8 Å². The topological polar surface area (TPSA) is 82.7 Å². The van der Waals surface area contributed by atoms with Gasteiger partial charge in [0.2, 0.25) is 5.91 Å². The van der Waals surface area contributed by atoms with Gasteiger partial charge in [-0.3, -0.25) is 9.59 Å². The molecule has 0 bridgehead atoms. The van der Waals surface area contributed by atoms with Crippen molar-refractivity contribution in [1.82, 2.24) is 15.5 Å². The monoisotopic (exact) mass is 434 g/mol. The summed E-state index contributed by atoms with van der Waals surface area (Å²) in [5.74, 6) is -0.236. The number of nitrogens with one attached hydrogen (secondary N) is 3. The van der Waals surface area contributed by atoms with Gasteiger partial charge in [-0.05, 0) is 44.3 Å². The molecule has 0 aliphatic carbocycles. The molecule has 3 N–H and O–H groups in total. The van der Waals surface area contributed by atoms with E-state index in [9.17, 15) is 9.59 Å². The standard InChI is InChI=1S/C19H30N4O3.2ClH/c1-4-23(5-2)12-10-21-18(24)15-6-8-16(9-7-15)22-19(25)17-14(3)26-13-11-20-17;;/h6-9,14,17,20H,4-5,10-13H2,1-3H3,(H,21,24)(H,22,25);2*1H/t14-,17+;;/m1../s1. The maximum Gasteiger partial charge on any atom is 0.251 e. The first-order valence-electron chi connectivity index (χ1n) is 9.31. The molecule has 2 rings (SSSR count). The highest BCUT2D eigenvalue weighted by atomic mass is 35.5. The number of carbonyl (C=O) groups excluding carboxylic acids is 2. The van der Waals surface area contributed by atoms with E-state index >= 15 is 0 Å². The zero-order valence-electron chi connectivity index (χ0n) is 16.7. The van der Waals surface area contributed by atoms with Crippen molar-refractivity contribution in [3.63, 3.8) is 0 Å². The third-order valence-electron chi connectivity index (χ3n) is 4.62. The molecule has 2 atom stereocenters. The van der Waals surface area contributed by atoms with Crippen molar-refractivity contribution >= 4 is 42.3 Å². The van der Waals surface area contributed by atoms with E-state index in [0.29, 0.717) is 30.9 Å². The highest BCUT2D eigenvalue weighted by Gasteiger charge is 2.28. The summed E-state index contributed by atoms with van der Waals surface area (Å²) in [7, 11) is 0. The Balaban J connectivity index is 0.00000364.